The van der Waals surface area contributed by atoms with Gasteiger partial charge in [-0.25, -0.2) is 0 Å². The highest BCUT2D eigenvalue weighted by atomic mass is 15.1. The Hall–Kier alpha value is -0.590. The normalized spacial score (nSPS) is 23.0. The minimum absolute atomic E-state index is 0.360. The fraction of sp³-hybridized carbons (Fsp3) is 0.938. The lowest BCUT2D eigenvalue weighted by Crippen LogP contribution is -2.46. The molecular weight excluding hydrogens is 234 g/mol. The molecule has 0 radical (unpaired) electrons. The maximum atomic E-state index is 9.33. The molecule has 3 heteroatoms. The molecule has 0 bridgehead atoms. The van der Waals surface area contributed by atoms with Crippen LogP contribution in [0.1, 0.15) is 60.3 Å². The highest BCUT2D eigenvalue weighted by Gasteiger charge is 2.27. The first kappa shape index (κ1) is 16.5. The summed E-state index contributed by atoms with van der Waals surface area (Å²) in [5.41, 5.74) is 0.0897. The summed E-state index contributed by atoms with van der Waals surface area (Å²) in [6.45, 7) is 14.5. The average molecular weight is 265 g/mol. The molecule has 1 atom stereocenters. The SMILES string of the molecule is CC(C)NC(C)(C#N)CCCN1CCCC(C)(C)C1. The predicted molar refractivity (Wildman–Crippen MR) is 81.0 cm³/mol. The molecule has 0 aromatic rings. The van der Waals surface area contributed by atoms with Crippen molar-refractivity contribution in [2.45, 2.75) is 71.9 Å². The molecule has 1 N–H and O–H groups in total. The van der Waals surface area contributed by atoms with Gasteiger partial charge in [-0.2, -0.15) is 5.26 Å². The Morgan fingerprint density at radius 1 is 1.42 bits per heavy atom. The molecule has 3 nitrogen and oxygen atoms in total. The van der Waals surface area contributed by atoms with E-state index in [1.165, 1.54) is 25.9 Å². The van der Waals surface area contributed by atoms with E-state index in [2.05, 4.69) is 44.0 Å². The monoisotopic (exact) mass is 265 g/mol. The molecular formula is C16H31N3. The molecule has 1 rings (SSSR count). The molecule has 1 aliphatic heterocycles. The van der Waals surface area contributed by atoms with Crippen LogP contribution in [0.5, 0.6) is 0 Å². The van der Waals surface area contributed by atoms with Gasteiger partial charge in [-0.15, -0.1) is 0 Å². The fourth-order valence-electron chi connectivity index (χ4n) is 3.19. The van der Waals surface area contributed by atoms with Crippen LogP contribution in [0.3, 0.4) is 0 Å². The van der Waals surface area contributed by atoms with Gasteiger partial charge in [-0.05, 0) is 65.0 Å². The second-order valence-corrected chi connectivity index (χ2v) is 7.39. The summed E-state index contributed by atoms with van der Waals surface area (Å²) < 4.78 is 0. The van der Waals surface area contributed by atoms with Crippen molar-refractivity contribution in [2.24, 2.45) is 5.41 Å². The lowest BCUT2D eigenvalue weighted by molar-refractivity contribution is 0.114. The molecule has 110 valence electrons. The first-order valence-corrected chi connectivity index (χ1v) is 7.68. The van der Waals surface area contributed by atoms with Crippen molar-refractivity contribution >= 4 is 0 Å². The molecule has 1 saturated heterocycles. The zero-order valence-corrected chi connectivity index (χ0v) is 13.4. The van der Waals surface area contributed by atoms with Gasteiger partial charge in [0.15, 0.2) is 0 Å². The van der Waals surface area contributed by atoms with Crippen LogP contribution in [0.15, 0.2) is 0 Å². The van der Waals surface area contributed by atoms with Crippen LogP contribution in [0.25, 0.3) is 0 Å². The molecule has 0 spiro atoms. The zero-order valence-electron chi connectivity index (χ0n) is 13.4. The zero-order chi connectivity index (χ0) is 14.5. The van der Waals surface area contributed by atoms with E-state index in [-0.39, 0.29) is 5.54 Å². The Kier molecular flexibility index (Phi) is 5.82. The standard InChI is InChI=1S/C16H31N3/c1-14(2)18-16(5,12-17)9-7-11-19-10-6-8-15(3,4)13-19/h14,18H,6-11,13H2,1-5H3. The van der Waals surface area contributed by atoms with E-state index >= 15 is 0 Å². The number of nitrogens with zero attached hydrogens (tertiary/aromatic N) is 2. The van der Waals surface area contributed by atoms with Crippen molar-refractivity contribution in [1.29, 1.82) is 5.26 Å². The van der Waals surface area contributed by atoms with E-state index in [4.69, 9.17) is 0 Å². The van der Waals surface area contributed by atoms with Gasteiger partial charge in [0.1, 0.15) is 5.54 Å². The van der Waals surface area contributed by atoms with Gasteiger partial charge >= 0.3 is 0 Å². The number of hydrogen-bond donors (Lipinski definition) is 1. The van der Waals surface area contributed by atoms with Crippen LogP contribution < -0.4 is 5.32 Å². The van der Waals surface area contributed by atoms with Crippen molar-refractivity contribution < 1.29 is 0 Å². The molecule has 1 aliphatic rings. The molecule has 0 aliphatic carbocycles. The minimum Gasteiger partial charge on any atom is -0.303 e. The van der Waals surface area contributed by atoms with Crippen molar-refractivity contribution in [3.63, 3.8) is 0 Å². The van der Waals surface area contributed by atoms with Crippen molar-refractivity contribution in [3.05, 3.63) is 0 Å². The van der Waals surface area contributed by atoms with Gasteiger partial charge in [0.05, 0.1) is 6.07 Å². The van der Waals surface area contributed by atoms with Crippen LogP contribution in [0, 0.1) is 16.7 Å². The second kappa shape index (κ2) is 6.72. The number of hydrogen-bond acceptors (Lipinski definition) is 3. The number of piperidine rings is 1. The summed E-state index contributed by atoms with van der Waals surface area (Å²) >= 11 is 0. The topological polar surface area (TPSA) is 39.1 Å². The molecule has 0 saturated carbocycles. The first-order valence-electron chi connectivity index (χ1n) is 7.68. The van der Waals surface area contributed by atoms with Crippen LogP contribution in [0.2, 0.25) is 0 Å². The molecule has 19 heavy (non-hydrogen) atoms. The Morgan fingerprint density at radius 2 is 2.11 bits per heavy atom. The lowest BCUT2D eigenvalue weighted by atomic mass is 9.84. The van der Waals surface area contributed by atoms with Gasteiger partial charge in [-0.1, -0.05) is 13.8 Å². The Morgan fingerprint density at radius 3 is 2.63 bits per heavy atom. The molecule has 0 amide bonds. The van der Waals surface area contributed by atoms with Gasteiger partial charge < -0.3 is 4.90 Å². The number of likely N-dealkylation sites (tertiary alicyclic amines) is 1. The van der Waals surface area contributed by atoms with E-state index in [9.17, 15) is 5.26 Å². The van der Waals surface area contributed by atoms with Crippen molar-refractivity contribution in [1.82, 2.24) is 10.2 Å². The van der Waals surface area contributed by atoms with Gasteiger partial charge in [0.25, 0.3) is 0 Å². The number of nitriles is 1. The van der Waals surface area contributed by atoms with Crippen LogP contribution >= 0.6 is 0 Å². The quantitative estimate of drug-likeness (QED) is 0.802. The summed E-state index contributed by atoms with van der Waals surface area (Å²) in [6, 6.07) is 2.79. The predicted octanol–water partition coefficient (Wildman–Crippen LogP) is 3.17. The molecule has 1 heterocycles. The average Bonchev–Trinajstić information content (AvgIpc) is 2.26. The molecule has 1 unspecified atom stereocenters. The third kappa shape index (κ3) is 5.93. The van der Waals surface area contributed by atoms with Crippen molar-refractivity contribution in [3.8, 4) is 6.07 Å². The Labute approximate surface area is 119 Å². The van der Waals surface area contributed by atoms with E-state index < -0.39 is 0 Å². The number of nitrogens with one attached hydrogen (secondary N) is 1. The summed E-state index contributed by atoms with van der Waals surface area (Å²) in [5.74, 6) is 0. The highest BCUT2D eigenvalue weighted by Crippen LogP contribution is 2.28. The van der Waals surface area contributed by atoms with Gasteiger partial charge in [0.2, 0.25) is 0 Å². The Bertz CT molecular complexity index is 316. The van der Waals surface area contributed by atoms with E-state index in [0.29, 0.717) is 11.5 Å². The molecule has 0 aromatic carbocycles. The third-order valence-corrected chi connectivity index (χ3v) is 3.98. The van der Waals surface area contributed by atoms with Gasteiger partial charge in [-0.3, -0.25) is 5.32 Å². The van der Waals surface area contributed by atoms with Crippen LogP contribution in [0.4, 0.5) is 0 Å². The summed E-state index contributed by atoms with van der Waals surface area (Å²) in [6.07, 6.45) is 4.68. The fourth-order valence-corrected chi connectivity index (χ4v) is 3.19. The second-order valence-electron chi connectivity index (χ2n) is 7.39. The van der Waals surface area contributed by atoms with Gasteiger partial charge in [0, 0.05) is 12.6 Å². The minimum atomic E-state index is -0.376. The molecule has 0 aromatic heterocycles. The maximum Gasteiger partial charge on any atom is 0.104 e. The first-order chi connectivity index (χ1) is 8.76. The van der Waals surface area contributed by atoms with E-state index in [1.807, 2.05) is 6.92 Å². The Balaban J connectivity index is 2.35. The highest BCUT2D eigenvalue weighted by molar-refractivity contribution is 5.04. The summed E-state index contributed by atoms with van der Waals surface area (Å²) in [7, 11) is 0. The smallest absolute Gasteiger partial charge is 0.104 e. The third-order valence-electron chi connectivity index (χ3n) is 3.98. The van der Waals surface area contributed by atoms with Crippen molar-refractivity contribution in [2.75, 3.05) is 19.6 Å². The summed E-state index contributed by atoms with van der Waals surface area (Å²) in [4.78, 5) is 2.57. The number of rotatable bonds is 6. The van der Waals surface area contributed by atoms with E-state index in [0.717, 1.165) is 19.4 Å². The van der Waals surface area contributed by atoms with Crippen LogP contribution in [-0.4, -0.2) is 36.1 Å². The summed E-state index contributed by atoms with van der Waals surface area (Å²) in [5, 5.41) is 12.7. The lowest BCUT2D eigenvalue weighted by Gasteiger charge is -2.38. The largest absolute Gasteiger partial charge is 0.303 e. The maximum absolute atomic E-state index is 9.33. The molecule has 1 fully saturated rings. The van der Waals surface area contributed by atoms with E-state index in [1.54, 1.807) is 0 Å². The van der Waals surface area contributed by atoms with Crippen LogP contribution in [-0.2, 0) is 0 Å².